The van der Waals surface area contributed by atoms with Crippen molar-refractivity contribution in [1.82, 2.24) is 0 Å². The first kappa shape index (κ1) is 15.3. The Morgan fingerprint density at radius 3 is 2.76 bits per heavy atom. The van der Waals surface area contributed by atoms with Crippen LogP contribution in [0.5, 0.6) is 17.2 Å². The zero-order valence-electron chi connectivity index (χ0n) is 13.3. The van der Waals surface area contributed by atoms with Crippen molar-refractivity contribution in [3.8, 4) is 17.2 Å². The van der Waals surface area contributed by atoms with Crippen LogP contribution in [0.1, 0.15) is 6.42 Å². The van der Waals surface area contributed by atoms with E-state index < -0.39 is 12.0 Å². The molecule has 0 aliphatic carbocycles. The molecule has 2 aliphatic rings. The summed E-state index contributed by atoms with van der Waals surface area (Å²) in [6, 6.07) is 11.6. The second kappa shape index (κ2) is 6.35. The lowest BCUT2D eigenvalue weighted by Crippen LogP contribution is -2.39. The number of carbonyl (C=O) groups is 2. The van der Waals surface area contributed by atoms with Crippen LogP contribution in [0, 0.1) is 0 Å². The largest absolute Gasteiger partial charge is 0.486 e. The molecule has 0 aromatic heterocycles. The number of carbonyl (C=O) groups excluding carboxylic acids is 2. The van der Waals surface area contributed by atoms with Gasteiger partial charge in [-0.15, -0.1) is 0 Å². The number of esters is 1. The molecule has 0 saturated carbocycles. The summed E-state index contributed by atoms with van der Waals surface area (Å²) in [5.74, 6) is 0.934. The first-order valence-electron chi connectivity index (χ1n) is 7.96. The first-order chi connectivity index (χ1) is 12.2. The van der Waals surface area contributed by atoms with Crippen LogP contribution in [-0.2, 0) is 9.59 Å². The SMILES string of the molecule is O=C(C[C@H]1Nc2ccccc2OC1=O)Nc1ccc2c(c1)OCCO2. The molecule has 0 bridgehead atoms. The molecule has 0 radical (unpaired) electrons. The summed E-state index contributed by atoms with van der Waals surface area (Å²) >= 11 is 0. The van der Waals surface area contributed by atoms with E-state index in [9.17, 15) is 9.59 Å². The molecule has 1 amide bonds. The van der Waals surface area contributed by atoms with Crippen molar-refractivity contribution in [1.29, 1.82) is 0 Å². The van der Waals surface area contributed by atoms with E-state index in [0.29, 0.717) is 41.8 Å². The van der Waals surface area contributed by atoms with E-state index >= 15 is 0 Å². The average molecular weight is 340 g/mol. The van der Waals surface area contributed by atoms with Crippen molar-refractivity contribution in [2.45, 2.75) is 12.5 Å². The van der Waals surface area contributed by atoms with Gasteiger partial charge in [-0.2, -0.15) is 0 Å². The van der Waals surface area contributed by atoms with Crippen molar-refractivity contribution < 1.29 is 23.8 Å². The molecule has 2 aromatic rings. The molecule has 0 unspecified atom stereocenters. The van der Waals surface area contributed by atoms with Crippen LogP contribution in [0.4, 0.5) is 11.4 Å². The Morgan fingerprint density at radius 2 is 1.88 bits per heavy atom. The number of fused-ring (bicyclic) bond motifs is 2. The molecule has 0 fully saturated rings. The quantitative estimate of drug-likeness (QED) is 0.658. The van der Waals surface area contributed by atoms with Gasteiger partial charge in [0.15, 0.2) is 17.2 Å². The zero-order chi connectivity index (χ0) is 17.2. The van der Waals surface area contributed by atoms with Crippen molar-refractivity contribution in [2.75, 3.05) is 23.8 Å². The van der Waals surface area contributed by atoms with E-state index in [4.69, 9.17) is 14.2 Å². The number of hydrogen-bond donors (Lipinski definition) is 2. The number of ether oxygens (including phenoxy) is 3. The Hall–Kier alpha value is -3.22. The van der Waals surface area contributed by atoms with Crippen LogP contribution in [-0.4, -0.2) is 31.1 Å². The summed E-state index contributed by atoms with van der Waals surface area (Å²) in [6.45, 7) is 0.983. The monoisotopic (exact) mass is 340 g/mol. The van der Waals surface area contributed by atoms with E-state index in [-0.39, 0.29) is 12.3 Å². The number of hydrogen-bond acceptors (Lipinski definition) is 6. The second-order valence-corrected chi connectivity index (χ2v) is 5.72. The molecule has 2 N–H and O–H groups in total. The molecule has 0 saturated heterocycles. The molecule has 4 rings (SSSR count). The molecular weight excluding hydrogens is 324 g/mol. The van der Waals surface area contributed by atoms with Crippen molar-refractivity contribution in [3.63, 3.8) is 0 Å². The normalized spacial score (nSPS) is 17.8. The average Bonchev–Trinajstić information content (AvgIpc) is 2.62. The van der Waals surface area contributed by atoms with Gasteiger partial charge < -0.3 is 24.8 Å². The van der Waals surface area contributed by atoms with Crippen LogP contribution < -0.4 is 24.8 Å². The van der Waals surface area contributed by atoms with E-state index in [1.54, 1.807) is 36.4 Å². The van der Waals surface area contributed by atoms with Crippen LogP contribution in [0.2, 0.25) is 0 Å². The summed E-state index contributed by atoms with van der Waals surface area (Å²) in [5, 5.41) is 5.79. The summed E-state index contributed by atoms with van der Waals surface area (Å²) in [5.41, 5.74) is 1.28. The lowest BCUT2D eigenvalue weighted by atomic mass is 10.1. The molecule has 1 atom stereocenters. The Morgan fingerprint density at radius 1 is 1.08 bits per heavy atom. The molecule has 7 heteroatoms. The fourth-order valence-corrected chi connectivity index (χ4v) is 2.75. The minimum atomic E-state index is -0.730. The standard InChI is InChI=1S/C18H16N2O5/c21-17(19-11-5-6-15-16(9-11)24-8-7-23-15)10-13-18(22)25-14-4-2-1-3-12(14)20-13/h1-6,9,13,20H,7-8,10H2,(H,19,21)/t13-/m1/s1. The zero-order valence-corrected chi connectivity index (χ0v) is 13.3. The predicted molar refractivity (Wildman–Crippen MR) is 90.2 cm³/mol. The van der Waals surface area contributed by atoms with Crippen molar-refractivity contribution in [2.24, 2.45) is 0 Å². The van der Waals surface area contributed by atoms with Gasteiger partial charge >= 0.3 is 5.97 Å². The van der Waals surface area contributed by atoms with Gasteiger partial charge in [0.2, 0.25) is 5.91 Å². The molecular formula is C18H16N2O5. The number of nitrogens with one attached hydrogen (secondary N) is 2. The number of anilines is 2. The van der Waals surface area contributed by atoms with Crippen LogP contribution >= 0.6 is 0 Å². The fraction of sp³-hybridized carbons (Fsp3) is 0.222. The van der Waals surface area contributed by atoms with Gasteiger partial charge in [0.1, 0.15) is 19.3 Å². The maximum atomic E-state index is 12.3. The summed E-state index contributed by atoms with van der Waals surface area (Å²) in [4.78, 5) is 24.3. The van der Waals surface area contributed by atoms with E-state index in [1.807, 2.05) is 6.07 Å². The number of benzene rings is 2. The minimum Gasteiger partial charge on any atom is -0.486 e. The first-order valence-corrected chi connectivity index (χ1v) is 7.96. The maximum absolute atomic E-state index is 12.3. The minimum absolute atomic E-state index is 0.0401. The highest BCUT2D eigenvalue weighted by atomic mass is 16.6. The Bertz CT molecular complexity index is 836. The lowest BCUT2D eigenvalue weighted by molar-refractivity contribution is -0.137. The molecule has 25 heavy (non-hydrogen) atoms. The highest BCUT2D eigenvalue weighted by Gasteiger charge is 2.29. The highest BCUT2D eigenvalue weighted by molar-refractivity contribution is 5.97. The third kappa shape index (κ3) is 3.21. The second-order valence-electron chi connectivity index (χ2n) is 5.72. The fourth-order valence-electron chi connectivity index (χ4n) is 2.75. The molecule has 7 nitrogen and oxygen atoms in total. The van der Waals surface area contributed by atoms with Crippen molar-refractivity contribution >= 4 is 23.3 Å². The molecule has 2 aromatic carbocycles. The summed E-state index contributed by atoms with van der Waals surface area (Å²) in [6.07, 6.45) is -0.0401. The number of amides is 1. The molecule has 2 heterocycles. The van der Waals surface area contributed by atoms with E-state index in [2.05, 4.69) is 10.6 Å². The van der Waals surface area contributed by atoms with Crippen LogP contribution in [0.15, 0.2) is 42.5 Å². The number of para-hydroxylation sites is 2. The summed E-state index contributed by atoms with van der Waals surface area (Å²) in [7, 11) is 0. The van der Waals surface area contributed by atoms with Gasteiger partial charge in [0, 0.05) is 11.8 Å². The summed E-state index contributed by atoms with van der Waals surface area (Å²) < 4.78 is 16.2. The van der Waals surface area contributed by atoms with Gasteiger partial charge in [-0.3, -0.25) is 4.79 Å². The van der Waals surface area contributed by atoms with Crippen LogP contribution in [0.3, 0.4) is 0 Å². The molecule has 128 valence electrons. The van der Waals surface area contributed by atoms with Crippen LogP contribution in [0.25, 0.3) is 0 Å². The third-order valence-corrected chi connectivity index (χ3v) is 3.93. The Labute approximate surface area is 143 Å². The van der Waals surface area contributed by atoms with Gasteiger partial charge in [-0.1, -0.05) is 12.1 Å². The Balaban J connectivity index is 1.42. The Kier molecular flexibility index (Phi) is 3.89. The molecule has 0 spiro atoms. The predicted octanol–water partition coefficient (Wildman–Crippen LogP) is 2.19. The maximum Gasteiger partial charge on any atom is 0.334 e. The van der Waals surface area contributed by atoms with E-state index in [1.165, 1.54) is 0 Å². The van der Waals surface area contributed by atoms with Gasteiger partial charge in [-0.25, -0.2) is 4.79 Å². The van der Waals surface area contributed by atoms with Gasteiger partial charge in [0.05, 0.1) is 12.1 Å². The van der Waals surface area contributed by atoms with Gasteiger partial charge in [0.25, 0.3) is 0 Å². The van der Waals surface area contributed by atoms with Gasteiger partial charge in [-0.05, 0) is 24.3 Å². The highest BCUT2D eigenvalue weighted by Crippen LogP contribution is 2.33. The van der Waals surface area contributed by atoms with Crippen molar-refractivity contribution in [3.05, 3.63) is 42.5 Å². The van der Waals surface area contributed by atoms with E-state index in [0.717, 1.165) is 0 Å². The topological polar surface area (TPSA) is 85.9 Å². The smallest absolute Gasteiger partial charge is 0.334 e. The lowest BCUT2D eigenvalue weighted by Gasteiger charge is -2.25. The third-order valence-electron chi connectivity index (χ3n) is 3.93. The molecule has 2 aliphatic heterocycles. The number of rotatable bonds is 3.